The molecule has 1 N–H and O–H groups in total. The van der Waals surface area contributed by atoms with Crippen molar-refractivity contribution in [2.75, 3.05) is 0 Å². The highest BCUT2D eigenvalue weighted by Crippen LogP contribution is 2.41. The van der Waals surface area contributed by atoms with Gasteiger partial charge in [-0.2, -0.15) is 0 Å². The van der Waals surface area contributed by atoms with E-state index < -0.39 is 0 Å². The van der Waals surface area contributed by atoms with Crippen LogP contribution >= 0.6 is 11.6 Å². The predicted molar refractivity (Wildman–Crippen MR) is 64.3 cm³/mol. The number of pyridine rings is 1. The normalized spacial score (nSPS) is 23.1. The summed E-state index contributed by atoms with van der Waals surface area (Å²) in [6, 6.07) is 14.7. The Balaban J connectivity index is 1.79. The van der Waals surface area contributed by atoms with E-state index in [0.717, 1.165) is 10.7 Å². The molecule has 2 heterocycles. The van der Waals surface area contributed by atoms with Crippen molar-refractivity contribution in [2.45, 2.75) is 12.1 Å². The van der Waals surface area contributed by atoms with Crippen molar-refractivity contribution in [3.63, 3.8) is 0 Å². The zero-order chi connectivity index (χ0) is 11.0. The van der Waals surface area contributed by atoms with Gasteiger partial charge in [0.1, 0.15) is 0 Å². The van der Waals surface area contributed by atoms with Gasteiger partial charge in [0.25, 0.3) is 0 Å². The summed E-state index contributed by atoms with van der Waals surface area (Å²) < 4.78 is 0. The number of nitrogens with zero attached hydrogens (tertiary/aromatic N) is 1. The van der Waals surface area contributed by atoms with E-state index in [9.17, 15) is 0 Å². The Kier molecular flexibility index (Phi) is 2.39. The third kappa shape index (κ3) is 1.82. The number of rotatable bonds is 2. The van der Waals surface area contributed by atoms with Crippen molar-refractivity contribution in [2.24, 2.45) is 0 Å². The third-order valence-electron chi connectivity index (χ3n) is 2.82. The zero-order valence-corrected chi connectivity index (χ0v) is 9.35. The van der Waals surface area contributed by atoms with E-state index in [4.69, 9.17) is 11.6 Å². The first kappa shape index (κ1) is 9.82. The van der Waals surface area contributed by atoms with Crippen LogP contribution in [0.1, 0.15) is 23.3 Å². The zero-order valence-electron chi connectivity index (χ0n) is 8.60. The fraction of sp³-hybridized carbons (Fsp3) is 0.154. The molecule has 0 amide bonds. The summed E-state index contributed by atoms with van der Waals surface area (Å²) in [4.78, 5) is 4.35. The van der Waals surface area contributed by atoms with E-state index in [2.05, 4.69) is 22.4 Å². The van der Waals surface area contributed by atoms with Gasteiger partial charge in [-0.3, -0.25) is 10.3 Å². The van der Waals surface area contributed by atoms with Crippen LogP contribution in [0, 0.1) is 0 Å². The number of hydrogen-bond acceptors (Lipinski definition) is 2. The second-order valence-electron chi connectivity index (χ2n) is 3.93. The van der Waals surface area contributed by atoms with Crippen molar-refractivity contribution in [3.05, 3.63) is 64.9 Å². The number of benzene rings is 1. The maximum atomic E-state index is 5.86. The highest BCUT2D eigenvalue weighted by molar-refractivity contribution is 6.30. The van der Waals surface area contributed by atoms with Crippen LogP contribution in [0.5, 0.6) is 0 Å². The van der Waals surface area contributed by atoms with Crippen LogP contribution < -0.4 is 5.32 Å². The lowest BCUT2D eigenvalue weighted by atomic mass is 10.1. The first-order chi connectivity index (χ1) is 7.84. The molecule has 1 aromatic carbocycles. The largest absolute Gasteiger partial charge is 0.298 e. The molecule has 1 saturated heterocycles. The SMILES string of the molecule is Clc1ccc(C2NC2c2ccccn2)cc1. The van der Waals surface area contributed by atoms with Crippen LogP contribution in [-0.4, -0.2) is 4.98 Å². The minimum absolute atomic E-state index is 0.349. The summed E-state index contributed by atoms with van der Waals surface area (Å²) in [5.74, 6) is 0. The van der Waals surface area contributed by atoms with Gasteiger partial charge in [-0.25, -0.2) is 0 Å². The summed E-state index contributed by atoms with van der Waals surface area (Å²) in [6.45, 7) is 0. The standard InChI is InChI=1S/C13H11ClN2/c14-10-6-4-9(5-7-10)12-13(16-12)11-3-1-2-8-15-11/h1-8,12-13,16H. The summed E-state index contributed by atoms with van der Waals surface area (Å²) in [5, 5.41) is 4.19. The first-order valence-corrected chi connectivity index (χ1v) is 5.65. The molecule has 3 heteroatoms. The Morgan fingerprint density at radius 3 is 2.50 bits per heavy atom. The van der Waals surface area contributed by atoms with E-state index in [1.165, 1.54) is 5.56 Å². The molecule has 3 rings (SSSR count). The van der Waals surface area contributed by atoms with Crippen molar-refractivity contribution in [3.8, 4) is 0 Å². The predicted octanol–water partition coefficient (Wildman–Crippen LogP) is 3.12. The summed E-state index contributed by atoms with van der Waals surface area (Å²) in [5.41, 5.74) is 2.36. The Morgan fingerprint density at radius 1 is 1.00 bits per heavy atom. The third-order valence-corrected chi connectivity index (χ3v) is 3.07. The fourth-order valence-corrected chi connectivity index (χ4v) is 2.04. The summed E-state index contributed by atoms with van der Waals surface area (Å²) in [6.07, 6.45) is 1.83. The van der Waals surface area contributed by atoms with Crippen LogP contribution in [0.25, 0.3) is 0 Å². The Morgan fingerprint density at radius 2 is 1.81 bits per heavy atom. The second kappa shape index (κ2) is 3.89. The van der Waals surface area contributed by atoms with Gasteiger partial charge in [-0.1, -0.05) is 29.8 Å². The van der Waals surface area contributed by atoms with Crippen molar-refractivity contribution < 1.29 is 0 Å². The quantitative estimate of drug-likeness (QED) is 0.805. The lowest BCUT2D eigenvalue weighted by molar-refractivity contribution is 0.962. The van der Waals surface area contributed by atoms with Crippen molar-refractivity contribution in [1.82, 2.24) is 10.3 Å². The average molecular weight is 231 g/mol. The minimum atomic E-state index is 0.349. The molecule has 2 aromatic rings. The molecule has 80 valence electrons. The molecule has 0 aliphatic carbocycles. The van der Waals surface area contributed by atoms with Crippen molar-refractivity contribution >= 4 is 11.6 Å². The number of nitrogens with one attached hydrogen (secondary N) is 1. The Bertz CT molecular complexity index is 481. The number of halogens is 1. The van der Waals surface area contributed by atoms with Crippen LogP contribution in [0.3, 0.4) is 0 Å². The molecule has 1 aromatic heterocycles. The van der Waals surface area contributed by atoms with Gasteiger partial charge in [0, 0.05) is 11.2 Å². The molecule has 0 bridgehead atoms. The average Bonchev–Trinajstić information content (AvgIpc) is 3.11. The molecule has 2 atom stereocenters. The summed E-state index contributed by atoms with van der Waals surface area (Å²) >= 11 is 5.86. The Labute approximate surface area is 99.3 Å². The molecule has 1 aliphatic heterocycles. The van der Waals surface area contributed by atoms with Crippen LogP contribution in [-0.2, 0) is 0 Å². The maximum Gasteiger partial charge on any atom is 0.0698 e. The Hall–Kier alpha value is -1.38. The van der Waals surface area contributed by atoms with Crippen molar-refractivity contribution in [1.29, 1.82) is 0 Å². The molecular formula is C13H11ClN2. The monoisotopic (exact) mass is 230 g/mol. The second-order valence-corrected chi connectivity index (χ2v) is 4.36. The van der Waals surface area contributed by atoms with Gasteiger partial charge in [-0.15, -0.1) is 0 Å². The van der Waals surface area contributed by atoms with Gasteiger partial charge in [0.15, 0.2) is 0 Å². The molecule has 2 unspecified atom stereocenters. The highest BCUT2D eigenvalue weighted by atomic mass is 35.5. The maximum absolute atomic E-state index is 5.86. The number of hydrogen-bond donors (Lipinski definition) is 1. The van der Waals surface area contributed by atoms with E-state index >= 15 is 0 Å². The molecule has 16 heavy (non-hydrogen) atoms. The van der Waals surface area contributed by atoms with Crippen LogP contribution in [0.4, 0.5) is 0 Å². The van der Waals surface area contributed by atoms with Crippen LogP contribution in [0.15, 0.2) is 48.7 Å². The van der Waals surface area contributed by atoms with Gasteiger partial charge >= 0.3 is 0 Å². The van der Waals surface area contributed by atoms with Gasteiger partial charge in [0.05, 0.1) is 17.8 Å². The van der Waals surface area contributed by atoms with Crippen LogP contribution in [0.2, 0.25) is 5.02 Å². The topological polar surface area (TPSA) is 34.8 Å². The first-order valence-electron chi connectivity index (χ1n) is 5.27. The molecule has 0 radical (unpaired) electrons. The molecule has 0 spiro atoms. The fourth-order valence-electron chi connectivity index (χ4n) is 1.91. The number of aromatic nitrogens is 1. The molecule has 1 fully saturated rings. The van der Waals surface area contributed by atoms with Gasteiger partial charge in [0.2, 0.25) is 0 Å². The molecule has 0 saturated carbocycles. The van der Waals surface area contributed by atoms with E-state index in [1.54, 1.807) is 0 Å². The van der Waals surface area contributed by atoms with E-state index in [1.807, 2.05) is 36.5 Å². The highest BCUT2D eigenvalue weighted by Gasteiger charge is 2.39. The van der Waals surface area contributed by atoms with Gasteiger partial charge in [-0.05, 0) is 29.8 Å². The minimum Gasteiger partial charge on any atom is -0.298 e. The molecular weight excluding hydrogens is 220 g/mol. The van der Waals surface area contributed by atoms with E-state index in [-0.39, 0.29) is 0 Å². The van der Waals surface area contributed by atoms with Gasteiger partial charge < -0.3 is 0 Å². The van der Waals surface area contributed by atoms with E-state index in [0.29, 0.717) is 12.1 Å². The summed E-state index contributed by atoms with van der Waals surface area (Å²) in [7, 11) is 0. The molecule has 2 nitrogen and oxygen atoms in total. The smallest absolute Gasteiger partial charge is 0.0698 e. The lowest BCUT2D eigenvalue weighted by Crippen LogP contribution is -1.87. The molecule has 1 aliphatic rings. The lowest BCUT2D eigenvalue weighted by Gasteiger charge is -1.98.